The number of aromatic nitrogens is 2. The topological polar surface area (TPSA) is 87.5 Å². The molecule has 3 rings (SSSR count). The van der Waals surface area contributed by atoms with Crippen LogP contribution in [0.2, 0.25) is 0 Å². The van der Waals surface area contributed by atoms with Gasteiger partial charge in [0.2, 0.25) is 11.8 Å². The maximum absolute atomic E-state index is 12.5. The summed E-state index contributed by atoms with van der Waals surface area (Å²) < 4.78 is 1.29. The minimum Gasteiger partial charge on any atom is -0.369 e. The molecule has 0 saturated carbocycles. The third-order valence-electron chi connectivity index (χ3n) is 5.19. The van der Waals surface area contributed by atoms with E-state index in [1.165, 1.54) is 4.68 Å². The van der Waals surface area contributed by atoms with Crippen LogP contribution in [0.25, 0.3) is 0 Å². The predicted molar refractivity (Wildman–Crippen MR) is 97.9 cm³/mol. The summed E-state index contributed by atoms with van der Waals surface area (Å²) in [4.78, 5) is 39.7. The van der Waals surface area contributed by atoms with E-state index in [0.29, 0.717) is 19.5 Å². The number of carbonyl (C=O) groups excluding carboxylic acids is 2. The van der Waals surface area contributed by atoms with Gasteiger partial charge in [-0.25, -0.2) is 4.68 Å². The van der Waals surface area contributed by atoms with Gasteiger partial charge in [-0.15, -0.1) is 0 Å². The molecule has 26 heavy (non-hydrogen) atoms. The number of carbonyl (C=O) groups is 2. The van der Waals surface area contributed by atoms with E-state index in [1.54, 1.807) is 19.3 Å². The molecule has 8 heteroatoms. The van der Waals surface area contributed by atoms with E-state index in [4.69, 9.17) is 0 Å². The summed E-state index contributed by atoms with van der Waals surface area (Å²) >= 11 is 0. The van der Waals surface area contributed by atoms with Gasteiger partial charge in [-0.3, -0.25) is 14.4 Å². The smallest absolute Gasteiger partial charge is 0.268 e. The minimum atomic E-state index is -0.148. The highest BCUT2D eigenvalue weighted by Gasteiger charge is 2.26. The van der Waals surface area contributed by atoms with Crippen molar-refractivity contribution < 1.29 is 9.59 Å². The number of aryl methyl sites for hydroxylation is 1. The Hall–Kier alpha value is -2.38. The lowest BCUT2D eigenvalue weighted by atomic mass is 9.97. The summed E-state index contributed by atoms with van der Waals surface area (Å²) in [5.74, 6) is 0.197. The first kappa shape index (κ1) is 18.4. The standard InChI is InChI=1S/C18H27N5O3/c1-21-17(25)11-15(12-20-21)23-9-2-5-14(13-23)18(26)19-7-4-10-22-8-3-6-16(22)24/h11-12,14H,2-10,13H2,1H3,(H,19,26). The van der Waals surface area contributed by atoms with Gasteiger partial charge < -0.3 is 15.1 Å². The van der Waals surface area contributed by atoms with E-state index in [-0.39, 0.29) is 23.3 Å². The summed E-state index contributed by atoms with van der Waals surface area (Å²) in [6.07, 6.45) is 5.82. The van der Waals surface area contributed by atoms with Crippen molar-refractivity contribution in [2.45, 2.75) is 32.1 Å². The van der Waals surface area contributed by atoms with E-state index in [2.05, 4.69) is 15.3 Å². The fourth-order valence-electron chi connectivity index (χ4n) is 3.62. The first-order chi connectivity index (χ1) is 12.5. The van der Waals surface area contributed by atoms with E-state index >= 15 is 0 Å². The molecule has 8 nitrogen and oxygen atoms in total. The number of rotatable bonds is 6. The van der Waals surface area contributed by atoms with Crippen LogP contribution in [0.5, 0.6) is 0 Å². The Kier molecular flexibility index (Phi) is 5.90. The van der Waals surface area contributed by atoms with Crippen molar-refractivity contribution in [3.8, 4) is 0 Å². The van der Waals surface area contributed by atoms with Gasteiger partial charge in [-0.05, 0) is 25.7 Å². The summed E-state index contributed by atoms with van der Waals surface area (Å²) in [6.45, 7) is 3.58. The van der Waals surface area contributed by atoms with Crippen LogP contribution in [0, 0.1) is 5.92 Å². The number of piperidine rings is 1. The van der Waals surface area contributed by atoms with Crippen molar-refractivity contribution in [1.29, 1.82) is 0 Å². The molecule has 1 aromatic heterocycles. The van der Waals surface area contributed by atoms with Gasteiger partial charge in [0.1, 0.15) is 0 Å². The molecule has 1 N–H and O–H groups in total. The van der Waals surface area contributed by atoms with Gasteiger partial charge in [-0.1, -0.05) is 0 Å². The van der Waals surface area contributed by atoms with Crippen LogP contribution in [-0.2, 0) is 16.6 Å². The minimum absolute atomic E-state index is 0.0549. The number of nitrogens with zero attached hydrogens (tertiary/aromatic N) is 4. The molecule has 2 aliphatic rings. The van der Waals surface area contributed by atoms with Crippen molar-refractivity contribution >= 4 is 17.5 Å². The second-order valence-corrected chi connectivity index (χ2v) is 7.09. The molecule has 2 aliphatic heterocycles. The monoisotopic (exact) mass is 361 g/mol. The molecule has 1 unspecified atom stereocenters. The Morgan fingerprint density at radius 2 is 2.15 bits per heavy atom. The Morgan fingerprint density at radius 1 is 1.31 bits per heavy atom. The summed E-state index contributed by atoms with van der Waals surface area (Å²) in [5.41, 5.74) is 0.628. The summed E-state index contributed by atoms with van der Waals surface area (Å²) in [7, 11) is 1.62. The lowest BCUT2D eigenvalue weighted by Gasteiger charge is -2.33. The van der Waals surface area contributed by atoms with Gasteiger partial charge in [0.15, 0.2) is 0 Å². The highest BCUT2D eigenvalue weighted by molar-refractivity contribution is 5.79. The van der Waals surface area contributed by atoms with E-state index < -0.39 is 0 Å². The molecular weight excluding hydrogens is 334 g/mol. The molecule has 1 aromatic rings. The van der Waals surface area contributed by atoms with Crippen LogP contribution in [0.3, 0.4) is 0 Å². The van der Waals surface area contributed by atoms with E-state index in [0.717, 1.165) is 51.0 Å². The van der Waals surface area contributed by atoms with Crippen molar-refractivity contribution in [1.82, 2.24) is 20.0 Å². The molecule has 0 bridgehead atoms. The molecule has 0 aromatic carbocycles. The number of likely N-dealkylation sites (tertiary alicyclic amines) is 1. The van der Waals surface area contributed by atoms with E-state index in [9.17, 15) is 14.4 Å². The third-order valence-corrected chi connectivity index (χ3v) is 5.19. The van der Waals surface area contributed by atoms with Gasteiger partial charge in [0.25, 0.3) is 5.56 Å². The summed E-state index contributed by atoms with van der Waals surface area (Å²) in [6, 6.07) is 1.57. The van der Waals surface area contributed by atoms with Crippen LogP contribution >= 0.6 is 0 Å². The van der Waals surface area contributed by atoms with Crippen LogP contribution in [0.15, 0.2) is 17.1 Å². The normalized spacial score (nSPS) is 20.5. The maximum atomic E-state index is 12.5. The average molecular weight is 361 g/mol. The fourth-order valence-corrected chi connectivity index (χ4v) is 3.62. The van der Waals surface area contributed by atoms with Gasteiger partial charge in [0.05, 0.1) is 17.8 Å². The number of amides is 2. The second kappa shape index (κ2) is 8.33. The van der Waals surface area contributed by atoms with Crippen LogP contribution < -0.4 is 15.8 Å². The zero-order chi connectivity index (χ0) is 18.5. The molecule has 0 aliphatic carbocycles. The first-order valence-electron chi connectivity index (χ1n) is 9.38. The van der Waals surface area contributed by atoms with Gasteiger partial charge >= 0.3 is 0 Å². The molecule has 2 fully saturated rings. The molecule has 0 spiro atoms. The molecule has 0 radical (unpaired) electrons. The van der Waals surface area contributed by atoms with Crippen molar-refractivity contribution in [3.05, 3.63) is 22.6 Å². The zero-order valence-electron chi connectivity index (χ0n) is 15.3. The van der Waals surface area contributed by atoms with Crippen LogP contribution in [0.1, 0.15) is 32.1 Å². The Bertz CT molecular complexity index is 717. The second-order valence-electron chi connectivity index (χ2n) is 7.09. The van der Waals surface area contributed by atoms with Crippen LogP contribution in [-0.4, -0.2) is 59.2 Å². The number of hydrogen-bond donors (Lipinski definition) is 1. The number of hydrogen-bond acceptors (Lipinski definition) is 5. The van der Waals surface area contributed by atoms with Gasteiger partial charge in [-0.2, -0.15) is 5.10 Å². The Balaban J connectivity index is 1.46. The Morgan fingerprint density at radius 3 is 2.88 bits per heavy atom. The third kappa shape index (κ3) is 4.42. The highest BCUT2D eigenvalue weighted by Crippen LogP contribution is 2.21. The number of nitrogens with one attached hydrogen (secondary N) is 1. The van der Waals surface area contributed by atoms with Crippen molar-refractivity contribution in [3.63, 3.8) is 0 Å². The SMILES string of the molecule is Cn1ncc(N2CCCC(C(=O)NCCCN3CCCC3=O)C2)cc1=O. The average Bonchev–Trinajstić information content (AvgIpc) is 3.06. The molecule has 1 atom stereocenters. The quantitative estimate of drug-likeness (QED) is 0.728. The molecule has 3 heterocycles. The zero-order valence-corrected chi connectivity index (χ0v) is 15.3. The first-order valence-corrected chi connectivity index (χ1v) is 9.38. The lowest BCUT2D eigenvalue weighted by molar-refractivity contribution is -0.127. The van der Waals surface area contributed by atoms with Gasteiger partial charge in [0, 0.05) is 52.3 Å². The molecular formula is C18H27N5O3. The van der Waals surface area contributed by atoms with Crippen LogP contribution in [0.4, 0.5) is 5.69 Å². The Labute approximate surface area is 153 Å². The summed E-state index contributed by atoms with van der Waals surface area (Å²) in [5, 5.41) is 7.06. The number of anilines is 1. The van der Waals surface area contributed by atoms with Crippen molar-refractivity contribution in [2.75, 3.05) is 37.6 Å². The fraction of sp³-hybridized carbons (Fsp3) is 0.667. The van der Waals surface area contributed by atoms with E-state index in [1.807, 2.05) is 4.90 Å². The largest absolute Gasteiger partial charge is 0.369 e. The molecule has 2 amide bonds. The lowest BCUT2D eigenvalue weighted by Crippen LogP contribution is -2.44. The van der Waals surface area contributed by atoms with Crippen molar-refractivity contribution in [2.24, 2.45) is 13.0 Å². The molecule has 142 valence electrons. The maximum Gasteiger partial charge on any atom is 0.268 e. The molecule has 2 saturated heterocycles. The highest BCUT2D eigenvalue weighted by atomic mass is 16.2. The predicted octanol–water partition coefficient (Wildman–Crippen LogP) is 0.125.